The molecule has 1 N–H and O–H groups in total. The predicted octanol–water partition coefficient (Wildman–Crippen LogP) is 1.35. The summed E-state index contributed by atoms with van der Waals surface area (Å²) in [4.78, 5) is 14.6. The van der Waals surface area contributed by atoms with E-state index in [4.69, 9.17) is 0 Å². The summed E-state index contributed by atoms with van der Waals surface area (Å²) in [6.45, 7) is 3.82. The summed E-state index contributed by atoms with van der Waals surface area (Å²) in [5.74, 6) is -0.375. The van der Waals surface area contributed by atoms with E-state index in [0.29, 0.717) is 0 Å². The number of aromatic nitrogens is 1. The maximum Gasteiger partial charge on any atom is 0.439 e. The number of oxazole rings is 1. The zero-order chi connectivity index (χ0) is 9.84. The van der Waals surface area contributed by atoms with Gasteiger partial charge in [0, 0.05) is 6.04 Å². The second-order valence-corrected chi connectivity index (χ2v) is 2.78. The van der Waals surface area contributed by atoms with Crippen LogP contribution in [0.1, 0.15) is 30.8 Å². The average molecular weight is 183 g/mol. The quantitative estimate of drug-likeness (QED) is 0.768. The monoisotopic (exact) mass is 183 g/mol. The molecule has 1 radical (unpaired) electrons. The van der Waals surface area contributed by atoms with Crippen LogP contribution in [0.3, 0.4) is 0 Å². The Balaban J connectivity index is 2.58. The first-order valence-electron chi connectivity index (χ1n) is 4.07. The number of carbonyl (C=O) groups is 1. The minimum absolute atomic E-state index is 0.0327. The lowest BCUT2D eigenvalue weighted by molar-refractivity contribution is 0.0933. The fraction of sp³-hybridized carbons (Fsp3) is 0.500. The van der Waals surface area contributed by atoms with Gasteiger partial charge in [-0.3, -0.25) is 4.79 Å². The molecule has 5 heteroatoms. The van der Waals surface area contributed by atoms with Gasteiger partial charge in [-0.05, 0) is 13.3 Å². The van der Waals surface area contributed by atoms with Crippen molar-refractivity contribution >= 4 is 5.91 Å². The SMILES string of the molecule is CCC(C)NC(=O)c1coc([O])n1. The lowest BCUT2D eigenvalue weighted by Gasteiger charge is -2.08. The first-order valence-corrected chi connectivity index (χ1v) is 4.07. The van der Waals surface area contributed by atoms with Gasteiger partial charge in [0.2, 0.25) is 0 Å². The Kier molecular flexibility index (Phi) is 2.89. The van der Waals surface area contributed by atoms with Crippen LogP contribution in [0.2, 0.25) is 0 Å². The molecule has 1 aromatic heterocycles. The maximum absolute atomic E-state index is 11.3. The molecule has 13 heavy (non-hydrogen) atoms. The third kappa shape index (κ3) is 2.47. The molecule has 1 atom stereocenters. The van der Waals surface area contributed by atoms with Crippen LogP contribution in [-0.2, 0) is 5.11 Å². The largest absolute Gasteiger partial charge is 0.439 e. The molecule has 1 amide bonds. The van der Waals surface area contributed by atoms with Crippen molar-refractivity contribution in [3.05, 3.63) is 12.0 Å². The molecule has 0 bridgehead atoms. The Morgan fingerprint density at radius 3 is 2.92 bits per heavy atom. The summed E-state index contributed by atoms with van der Waals surface area (Å²) in [5.41, 5.74) is 0.0327. The van der Waals surface area contributed by atoms with Gasteiger partial charge in [-0.25, -0.2) is 5.11 Å². The Morgan fingerprint density at radius 2 is 2.46 bits per heavy atom. The fourth-order valence-electron chi connectivity index (χ4n) is 0.761. The molecule has 1 aromatic rings. The Labute approximate surface area is 75.8 Å². The van der Waals surface area contributed by atoms with Crippen molar-refractivity contribution < 1.29 is 14.3 Å². The van der Waals surface area contributed by atoms with E-state index in [-0.39, 0.29) is 17.6 Å². The minimum Gasteiger partial charge on any atom is -0.414 e. The number of amides is 1. The van der Waals surface area contributed by atoms with E-state index >= 15 is 0 Å². The molecule has 71 valence electrons. The molecule has 0 fully saturated rings. The number of nitrogens with one attached hydrogen (secondary N) is 1. The van der Waals surface area contributed by atoms with Gasteiger partial charge in [0.15, 0.2) is 5.69 Å². The van der Waals surface area contributed by atoms with Crippen LogP contribution in [0.4, 0.5) is 0 Å². The van der Waals surface area contributed by atoms with Crippen LogP contribution in [-0.4, -0.2) is 16.9 Å². The predicted molar refractivity (Wildman–Crippen MR) is 43.9 cm³/mol. The van der Waals surface area contributed by atoms with Gasteiger partial charge >= 0.3 is 6.08 Å². The highest BCUT2D eigenvalue weighted by Crippen LogP contribution is 2.08. The topological polar surface area (TPSA) is 75.0 Å². The van der Waals surface area contributed by atoms with Crippen molar-refractivity contribution in [3.8, 4) is 6.08 Å². The molecule has 1 unspecified atom stereocenters. The molecular weight excluding hydrogens is 172 g/mol. The van der Waals surface area contributed by atoms with Crippen molar-refractivity contribution in [2.75, 3.05) is 0 Å². The Morgan fingerprint density at radius 1 is 1.77 bits per heavy atom. The molecule has 0 aliphatic carbocycles. The molecule has 0 spiro atoms. The fourth-order valence-corrected chi connectivity index (χ4v) is 0.761. The van der Waals surface area contributed by atoms with E-state index in [1.54, 1.807) is 0 Å². The van der Waals surface area contributed by atoms with Crippen LogP contribution < -0.4 is 5.32 Å². The van der Waals surface area contributed by atoms with E-state index in [1.165, 1.54) is 0 Å². The van der Waals surface area contributed by atoms with Crippen molar-refractivity contribution in [1.29, 1.82) is 0 Å². The summed E-state index contributed by atoms with van der Waals surface area (Å²) in [6, 6.07) is 0.0688. The van der Waals surface area contributed by atoms with E-state index < -0.39 is 6.08 Å². The highest BCUT2D eigenvalue weighted by Gasteiger charge is 2.13. The average Bonchev–Trinajstić information content (AvgIpc) is 2.51. The lowest BCUT2D eigenvalue weighted by atomic mass is 10.2. The van der Waals surface area contributed by atoms with Gasteiger partial charge in [0.1, 0.15) is 6.26 Å². The highest BCUT2D eigenvalue weighted by atomic mass is 16.5. The summed E-state index contributed by atoms with van der Waals surface area (Å²) in [5, 5.41) is 13.2. The third-order valence-corrected chi connectivity index (χ3v) is 1.71. The van der Waals surface area contributed by atoms with Gasteiger partial charge < -0.3 is 9.73 Å². The molecule has 1 heterocycles. The number of hydrogen-bond donors (Lipinski definition) is 1. The van der Waals surface area contributed by atoms with Gasteiger partial charge in [-0.2, -0.15) is 4.98 Å². The van der Waals surface area contributed by atoms with E-state index in [1.807, 2.05) is 13.8 Å². The second kappa shape index (κ2) is 3.93. The van der Waals surface area contributed by atoms with Crippen molar-refractivity contribution in [2.24, 2.45) is 0 Å². The van der Waals surface area contributed by atoms with Gasteiger partial charge in [0.25, 0.3) is 5.91 Å². The van der Waals surface area contributed by atoms with Crippen molar-refractivity contribution in [3.63, 3.8) is 0 Å². The summed E-state index contributed by atoms with van der Waals surface area (Å²) in [6.07, 6.45) is 1.14. The first kappa shape index (κ1) is 9.57. The normalized spacial score (nSPS) is 12.5. The molecule has 0 aromatic carbocycles. The zero-order valence-electron chi connectivity index (χ0n) is 7.53. The number of hydrogen-bond acceptors (Lipinski definition) is 3. The smallest absolute Gasteiger partial charge is 0.414 e. The molecular formula is C8H11N2O3. The molecule has 1 rings (SSSR count). The van der Waals surface area contributed by atoms with Gasteiger partial charge in [-0.1, -0.05) is 6.92 Å². The lowest BCUT2D eigenvalue weighted by Crippen LogP contribution is -2.32. The minimum atomic E-state index is -0.741. The number of nitrogens with zero attached hydrogens (tertiary/aromatic N) is 1. The molecule has 0 saturated heterocycles. The van der Waals surface area contributed by atoms with Crippen LogP contribution in [0, 0.1) is 0 Å². The standard InChI is InChI=1S/C8H11N2O3/c1-3-5(2)9-7(11)6-4-13-8(12)10-6/h4-5H,3H2,1-2H3,(H,9,11). The van der Waals surface area contributed by atoms with Crippen molar-refractivity contribution in [1.82, 2.24) is 10.3 Å². The molecule has 0 saturated carbocycles. The van der Waals surface area contributed by atoms with Crippen molar-refractivity contribution in [2.45, 2.75) is 26.3 Å². The maximum atomic E-state index is 11.3. The Bertz CT molecular complexity index is 295. The van der Waals surface area contributed by atoms with Crippen LogP contribution >= 0.6 is 0 Å². The summed E-state index contributed by atoms with van der Waals surface area (Å²) in [7, 11) is 0. The number of rotatable bonds is 3. The highest BCUT2D eigenvalue weighted by molar-refractivity contribution is 5.92. The zero-order valence-corrected chi connectivity index (χ0v) is 7.53. The third-order valence-electron chi connectivity index (χ3n) is 1.71. The summed E-state index contributed by atoms with van der Waals surface area (Å²) < 4.78 is 4.37. The first-order chi connectivity index (χ1) is 6.13. The van der Waals surface area contributed by atoms with Crippen LogP contribution in [0.15, 0.2) is 10.7 Å². The van der Waals surface area contributed by atoms with Gasteiger partial charge in [0.05, 0.1) is 0 Å². The van der Waals surface area contributed by atoms with E-state index in [2.05, 4.69) is 14.7 Å². The Hall–Kier alpha value is -1.52. The summed E-state index contributed by atoms with van der Waals surface area (Å²) >= 11 is 0. The van der Waals surface area contributed by atoms with Gasteiger partial charge in [-0.15, -0.1) is 0 Å². The van der Waals surface area contributed by atoms with E-state index in [9.17, 15) is 9.90 Å². The molecule has 0 aliphatic heterocycles. The van der Waals surface area contributed by atoms with E-state index in [0.717, 1.165) is 12.7 Å². The molecule has 5 nitrogen and oxygen atoms in total. The number of carbonyl (C=O) groups excluding carboxylic acids is 1. The van der Waals surface area contributed by atoms with Crippen LogP contribution in [0.5, 0.6) is 6.08 Å². The molecule has 0 aliphatic rings. The van der Waals surface area contributed by atoms with Crippen LogP contribution in [0.25, 0.3) is 0 Å². The second-order valence-electron chi connectivity index (χ2n) is 2.78.